The first-order valence-electron chi connectivity index (χ1n) is 6.39. The van der Waals surface area contributed by atoms with Crippen LogP contribution in [0.5, 0.6) is 11.5 Å². The summed E-state index contributed by atoms with van der Waals surface area (Å²) in [6.07, 6.45) is -0.0257. The average molecular weight is 379 g/mol. The van der Waals surface area contributed by atoms with E-state index in [9.17, 15) is 13.2 Å². The smallest absolute Gasteiger partial charge is 0.335 e. The molecule has 2 rings (SSSR count). The summed E-state index contributed by atoms with van der Waals surface area (Å²) in [4.78, 5) is 11.1. The molecule has 1 aliphatic heterocycles. The van der Waals surface area contributed by atoms with Crippen molar-refractivity contribution in [2.45, 2.75) is 19.4 Å². The van der Waals surface area contributed by atoms with Crippen LogP contribution in [0.15, 0.2) is 16.6 Å². The Morgan fingerprint density at radius 3 is 2.71 bits per heavy atom. The summed E-state index contributed by atoms with van der Waals surface area (Å²) >= 11 is 3.25. The second-order valence-corrected chi connectivity index (χ2v) is 7.75. The number of carboxylic acid groups (broad SMARTS) is 1. The van der Waals surface area contributed by atoms with Crippen LogP contribution in [-0.2, 0) is 9.84 Å². The van der Waals surface area contributed by atoms with Gasteiger partial charge < -0.3 is 14.6 Å². The lowest BCUT2D eigenvalue weighted by Gasteiger charge is -2.18. The van der Waals surface area contributed by atoms with Crippen molar-refractivity contribution in [2.24, 2.45) is 0 Å². The van der Waals surface area contributed by atoms with E-state index in [0.717, 1.165) is 0 Å². The highest BCUT2D eigenvalue weighted by molar-refractivity contribution is 9.10. The first-order valence-corrected chi connectivity index (χ1v) is 9.00. The number of sulfone groups is 1. The molecule has 0 spiro atoms. The number of hydrogen-bond donors (Lipinski definition) is 1. The van der Waals surface area contributed by atoms with Crippen molar-refractivity contribution >= 4 is 31.7 Å². The second kappa shape index (κ2) is 6.23. The first kappa shape index (κ1) is 16.1. The number of ether oxygens (including phenoxy) is 2. The molecule has 1 saturated heterocycles. The van der Waals surface area contributed by atoms with Crippen LogP contribution in [0.4, 0.5) is 0 Å². The van der Waals surface area contributed by atoms with Gasteiger partial charge in [0.15, 0.2) is 21.3 Å². The molecule has 21 heavy (non-hydrogen) atoms. The Labute approximate surface area is 131 Å². The molecule has 0 saturated carbocycles. The van der Waals surface area contributed by atoms with Crippen LogP contribution in [0.2, 0.25) is 0 Å². The molecule has 6 nitrogen and oxygen atoms in total. The monoisotopic (exact) mass is 378 g/mol. The predicted octanol–water partition coefficient (Wildman–Crippen LogP) is 2.11. The topological polar surface area (TPSA) is 89.9 Å². The SMILES string of the molecule is CCOc1cc(C(=O)O)cc(Br)c1OC1CCS(=O)(=O)C1. The maximum Gasteiger partial charge on any atom is 0.335 e. The van der Waals surface area contributed by atoms with E-state index >= 15 is 0 Å². The van der Waals surface area contributed by atoms with Gasteiger partial charge in [0, 0.05) is 0 Å². The minimum atomic E-state index is -3.05. The maximum absolute atomic E-state index is 11.5. The normalized spacial score (nSPS) is 20.2. The Morgan fingerprint density at radius 2 is 2.19 bits per heavy atom. The molecule has 0 bridgehead atoms. The van der Waals surface area contributed by atoms with Crippen molar-refractivity contribution in [1.29, 1.82) is 0 Å². The van der Waals surface area contributed by atoms with Crippen LogP contribution in [0.1, 0.15) is 23.7 Å². The van der Waals surface area contributed by atoms with Crippen LogP contribution in [0.3, 0.4) is 0 Å². The van der Waals surface area contributed by atoms with Crippen LogP contribution in [0, 0.1) is 0 Å². The van der Waals surface area contributed by atoms with Crippen LogP contribution in [0.25, 0.3) is 0 Å². The van der Waals surface area contributed by atoms with Crippen molar-refractivity contribution in [2.75, 3.05) is 18.1 Å². The van der Waals surface area contributed by atoms with Crippen LogP contribution >= 0.6 is 15.9 Å². The largest absolute Gasteiger partial charge is 0.490 e. The second-order valence-electron chi connectivity index (χ2n) is 4.67. The van der Waals surface area contributed by atoms with E-state index in [1.807, 2.05) is 0 Å². The Balaban J connectivity index is 2.31. The molecule has 1 aromatic rings. The van der Waals surface area contributed by atoms with E-state index in [0.29, 0.717) is 23.2 Å². The third-order valence-electron chi connectivity index (χ3n) is 3.03. The predicted molar refractivity (Wildman–Crippen MR) is 80.0 cm³/mol. The number of halogens is 1. The van der Waals surface area contributed by atoms with Gasteiger partial charge in [0.2, 0.25) is 0 Å². The van der Waals surface area contributed by atoms with Gasteiger partial charge in [-0.25, -0.2) is 13.2 Å². The van der Waals surface area contributed by atoms with Crippen LogP contribution < -0.4 is 9.47 Å². The van der Waals surface area contributed by atoms with Gasteiger partial charge in [-0.15, -0.1) is 0 Å². The summed E-state index contributed by atoms with van der Waals surface area (Å²) in [6.45, 7) is 2.11. The Bertz CT molecular complexity index is 655. The van der Waals surface area contributed by atoms with Gasteiger partial charge in [-0.3, -0.25) is 0 Å². The van der Waals surface area contributed by atoms with Crippen molar-refractivity contribution < 1.29 is 27.8 Å². The number of benzene rings is 1. The Kier molecular flexibility index (Phi) is 4.77. The quantitative estimate of drug-likeness (QED) is 0.843. The maximum atomic E-state index is 11.5. The minimum Gasteiger partial charge on any atom is -0.490 e. The molecule has 1 N–H and O–H groups in total. The Morgan fingerprint density at radius 1 is 1.48 bits per heavy atom. The molecule has 0 aromatic heterocycles. The molecule has 1 unspecified atom stereocenters. The van der Waals surface area contributed by atoms with Gasteiger partial charge in [-0.05, 0) is 41.4 Å². The summed E-state index contributed by atoms with van der Waals surface area (Å²) in [5, 5.41) is 9.05. The minimum absolute atomic E-state index is 0.0360. The lowest BCUT2D eigenvalue weighted by Crippen LogP contribution is -2.18. The van der Waals surface area contributed by atoms with Gasteiger partial charge in [0.25, 0.3) is 0 Å². The van der Waals surface area contributed by atoms with Gasteiger partial charge >= 0.3 is 5.97 Å². The van der Waals surface area contributed by atoms with Crippen LogP contribution in [-0.4, -0.2) is 43.7 Å². The Hall–Kier alpha value is -1.28. The molecule has 0 radical (unpaired) electrons. The molecule has 0 amide bonds. The third kappa shape index (κ3) is 3.88. The molecule has 1 fully saturated rings. The van der Waals surface area contributed by atoms with Gasteiger partial charge in [0.05, 0.1) is 28.1 Å². The molecular formula is C13H15BrO6S. The summed E-state index contributed by atoms with van der Waals surface area (Å²) in [5.74, 6) is -0.387. The van der Waals surface area contributed by atoms with Crippen molar-refractivity contribution in [3.8, 4) is 11.5 Å². The van der Waals surface area contributed by atoms with E-state index in [1.165, 1.54) is 12.1 Å². The highest BCUT2D eigenvalue weighted by Gasteiger charge is 2.31. The summed E-state index contributed by atoms with van der Waals surface area (Å²) in [6, 6.07) is 2.78. The summed E-state index contributed by atoms with van der Waals surface area (Å²) in [5.41, 5.74) is 0.0664. The van der Waals surface area contributed by atoms with E-state index in [4.69, 9.17) is 14.6 Å². The zero-order chi connectivity index (χ0) is 15.6. The molecule has 8 heteroatoms. The molecule has 1 aromatic carbocycles. The molecule has 0 aliphatic carbocycles. The highest BCUT2D eigenvalue weighted by Crippen LogP contribution is 2.38. The van der Waals surface area contributed by atoms with Crippen molar-refractivity contribution in [3.63, 3.8) is 0 Å². The standard InChI is InChI=1S/C13H15BrO6S/c1-2-19-11-6-8(13(15)16)5-10(14)12(11)20-9-3-4-21(17,18)7-9/h5-6,9H,2-4,7H2,1H3,(H,15,16). The van der Waals surface area contributed by atoms with E-state index in [1.54, 1.807) is 6.92 Å². The zero-order valence-electron chi connectivity index (χ0n) is 11.3. The number of carboxylic acids is 1. The zero-order valence-corrected chi connectivity index (χ0v) is 13.7. The van der Waals surface area contributed by atoms with Gasteiger partial charge in [-0.1, -0.05) is 0 Å². The van der Waals surface area contributed by atoms with E-state index < -0.39 is 21.9 Å². The van der Waals surface area contributed by atoms with E-state index in [-0.39, 0.29) is 22.8 Å². The number of hydrogen-bond acceptors (Lipinski definition) is 5. The summed E-state index contributed by atoms with van der Waals surface area (Å²) in [7, 11) is -3.05. The fourth-order valence-electron chi connectivity index (χ4n) is 2.09. The first-order chi connectivity index (χ1) is 9.82. The van der Waals surface area contributed by atoms with Gasteiger partial charge in [0.1, 0.15) is 6.10 Å². The van der Waals surface area contributed by atoms with E-state index in [2.05, 4.69) is 15.9 Å². The molecular weight excluding hydrogens is 364 g/mol. The fourth-order valence-corrected chi connectivity index (χ4v) is 4.21. The molecule has 1 aliphatic rings. The van der Waals surface area contributed by atoms with Crippen molar-refractivity contribution in [3.05, 3.63) is 22.2 Å². The van der Waals surface area contributed by atoms with Crippen molar-refractivity contribution in [1.82, 2.24) is 0 Å². The lowest BCUT2D eigenvalue weighted by atomic mass is 10.2. The highest BCUT2D eigenvalue weighted by atomic mass is 79.9. The van der Waals surface area contributed by atoms with Gasteiger partial charge in [-0.2, -0.15) is 0 Å². The fraction of sp³-hybridized carbons (Fsp3) is 0.462. The summed E-state index contributed by atoms with van der Waals surface area (Å²) < 4.78 is 34.5. The average Bonchev–Trinajstić information content (AvgIpc) is 2.72. The molecule has 1 atom stereocenters. The molecule has 116 valence electrons. The number of rotatable bonds is 5. The lowest BCUT2D eigenvalue weighted by molar-refractivity contribution is 0.0696. The third-order valence-corrected chi connectivity index (χ3v) is 5.36. The molecule has 1 heterocycles. The number of carbonyl (C=O) groups is 1. The number of aromatic carboxylic acids is 1.